The molecule has 0 unspecified atom stereocenters. The number of carbonyl (C=O) groups excluding carboxylic acids is 2. The number of aliphatic hydroxyl groups is 1. The maximum atomic E-state index is 12.9. The van der Waals surface area contributed by atoms with Crippen LogP contribution in [-0.2, 0) is 19.7 Å². The Hall–Kier alpha value is -2.70. The highest BCUT2D eigenvalue weighted by Crippen LogP contribution is 2.37. The van der Waals surface area contributed by atoms with E-state index < -0.39 is 11.5 Å². The number of nitrogens with zero attached hydrogens (tertiary/aromatic N) is 1. The molecule has 1 aliphatic heterocycles. The molecule has 30 heavy (non-hydrogen) atoms. The van der Waals surface area contributed by atoms with E-state index >= 15 is 0 Å². The normalized spacial score (nSPS) is 17.2. The van der Waals surface area contributed by atoms with Gasteiger partial charge in [0.1, 0.15) is 0 Å². The first-order chi connectivity index (χ1) is 14.4. The molecule has 6 nitrogen and oxygen atoms in total. The molecule has 1 atom stereocenters. The van der Waals surface area contributed by atoms with Crippen LogP contribution in [-0.4, -0.2) is 48.1 Å². The minimum atomic E-state index is -0.636. The van der Waals surface area contributed by atoms with Gasteiger partial charge in [-0.3, -0.25) is 9.59 Å². The summed E-state index contributed by atoms with van der Waals surface area (Å²) in [5, 5.41) is 13.4. The molecule has 0 saturated carbocycles. The summed E-state index contributed by atoms with van der Waals surface area (Å²) in [6.45, 7) is 5.56. The minimum absolute atomic E-state index is 0.125. The number of amides is 1. The third-order valence-corrected chi connectivity index (χ3v) is 5.75. The molecule has 0 aromatic heterocycles. The fourth-order valence-electron chi connectivity index (χ4n) is 4.10. The first kappa shape index (κ1) is 22.0. The summed E-state index contributed by atoms with van der Waals surface area (Å²) in [6, 6.07) is 17.1. The van der Waals surface area contributed by atoms with Gasteiger partial charge in [0, 0.05) is 19.2 Å². The van der Waals surface area contributed by atoms with E-state index in [1.165, 1.54) is 6.92 Å². The predicted octanol–water partition coefficient (Wildman–Crippen LogP) is 3.28. The number of carbonyl (C=O) groups is 2. The Morgan fingerprint density at radius 1 is 1.10 bits per heavy atom. The number of hydrogen-bond acceptors (Lipinski definition) is 5. The molecule has 0 bridgehead atoms. The first-order valence-electron chi connectivity index (χ1n) is 10.5. The Bertz CT molecular complexity index is 843. The second-order valence-electron chi connectivity index (χ2n) is 7.79. The van der Waals surface area contributed by atoms with Crippen LogP contribution in [0.15, 0.2) is 54.6 Å². The lowest BCUT2D eigenvalue weighted by Gasteiger charge is -2.40. The summed E-state index contributed by atoms with van der Waals surface area (Å²) in [7, 11) is 0. The van der Waals surface area contributed by atoms with E-state index in [0.717, 1.165) is 11.1 Å². The van der Waals surface area contributed by atoms with Crippen molar-refractivity contribution in [3.05, 3.63) is 65.7 Å². The zero-order valence-electron chi connectivity index (χ0n) is 17.6. The molecule has 1 heterocycles. The smallest absolute Gasteiger partial charge is 0.316 e. The van der Waals surface area contributed by atoms with Crippen LogP contribution < -0.4 is 5.32 Å². The molecule has 2 aromatic carbocycles. The summed E-state index contributed by atoms with van der Waals surface area (Å²) in [6.07, 6.45) is 0.678. The molecule has 1 fully saturated rings. The Morgan fingerprint density at radius 3 is 2.30 bits per heavy atom. The van der Waals surface area contributed by atoms with E-state index in [9.17, 15) is 14.7 Å². The summed E-state index contributed by atoms with van der Waals surface area (Å²) < 4.78 is 5.43. The molecule has 6 heteroatoms. The molecular formula is C24H30N2O4. The lowest BCUT2D eigenvalue weighted by atomic mass is 9.72. The third kappa shape index (κ3) is 5.07. The Balaban J connectivity index is 1.64. The van der Waals surface area contributed by atoms with Gasteiger partial charge in [-0.05, 0) is 56.1 Å². The van der Waals surface area contributed by atoms with Gasteiger partial charge in [0.2, 0.25) is 5.91 Å². The molecular weight excluding hydrogens is 380 g/mol. The molecule has 2 N–H and O–H groups in total. The second kappa shape index (κ2) is 9.87. The maximum Gasteiger partial charge on any atom is 0.316 e. The summed E-state index contributed by atoms with van der Waals surface area (Å²) in [4.78, 5) is 26.2. The Morgan fingerprint density at radius 2 is 1.73 bits per heavy atom. The van der Waals surface area contributed by atoms with Crippen LogP contribution in [0.4, 0.5) is 5.69 Å². The van der Waals surface area contributed by atoms with Crippen molar-refractivity contribution in [3.63, 3.8) is 0 Å². The van der Waals surface area contributed by atoms with E-state index in [0.29, 0.717) is 44.8 Å². The molecule has 160 valence electrons. The number of esters is 1. The lowest BCUT2D eigenvalue weighted by Crippen LogP contribution is -2.48. The quantitative estimate of drug-likeness (QED) is 0.685. The minimum Gasteiger partial charge on any atom is -0.465 e. The molecule has 3 rings (SSSR count). The number of benzene rings is 2. The van der Waals surface area contributed by atoms with Crippen LogP contribution in [0.25, 0.3) is 0 Å². The first-order valence-corrected chi connectivity index (χ1v) is 10.5. The van der Waals surface area contributed by atoms with Crippen molar-refractivity contribution in [3.8, 4) is 0 Å². The average Bonchev–Trinajstić information content (AvgIpc) is 2.75. The average molecular weight is 411 g/mol. The summed E-state index contributed by atoms with van der Waals surface area (Å²) in [5.74, 6) is -0.287. The van der Waals surface area contributed by atoms with Crippen molar-refractivity contribution in [2.45, 2.75) is 38.2 Å². The molecule has 0 spiro atoms. The van der Waals surface area contributed by atoms with Crippen molar-refractivity contribution >= 4 is 17.6 Å². The van der Waals surface area contributed by atoms with E-state index in [-0.39, 0.29) is 11.9 Å². The highest BCUT2D eigenvalue weighted by Gasteiger charge is 2.44. The number of likely N-dealkylation sites (tertiary alicyclic amines) is 1. The van der Waals surface area contributed by atoms with E-state index in [4.69, 9.17) is 4.74 Å². The van der Waals surface area contributed by atoms with Gasteiger partial charge in [0.25, 0.3) is 0 Å². The largest absolute Gasteiger partial charge is 0.465 e. The molecule has 1 aliphatic rings. The predicted molar refractivity (Wildman–Crippen MR) is 116 cm³/mol. The molecule has 1 amide bonds. The van der Waals surface area contributed by atoms with Crippen molar-refractivity contribution in [1.29, 1.82) is 0 Å². The SMILES string of the molecule is CCOC(=O)C1(c2ccccc2)CCN(C[C@H](O)c2ccc(NC(C)=O)cc2)CC1. The fraction of sp³-hybridized carbons (Fsp3) is 0.417. The summed E-state index contributed by atoms with van der Waals surface area (Å²) >= 11 is 0. The number of rotatable bonds is 7. The number of piperidine rings is 1. The van der Waals surface area contributed by atoms with E-state index in [1.54, 1.807) is 12.1 Å². The van der Waals surface area contributed by atoms with E-state index in [1.807, 2.05) is 49.4 Å². The van der Waals surface area contributed by atoms with Gasteiger partial charge in [0.05, 0.1) is 18.1 Å². The van der Waals surface area contributed by atoms with Crippen LogP contribution in [0.1, 0.15) is 43.9 Å². The van der Waals surface area contributed by atoms with Gasteiger partial charge in [0.15, 0.2) is 0 Å². The zero-order chi connectivity index (χ0) is 21.6. The van der Waals surface area contributed by atoms with Gasteiger partial charge in [-0.2, -0.15) is 0 Å². The van der Waals surface area contributed by atoms with Crippen LogP contribution >= 0.6 is 0 Å². The number of ether oxygens (including phenoxy) is 1. The van der Waals surface area contributed by atoms with Crippen molar-refractivity contribution in [2.75, 3.05) is 31.6 Å². The van der Waals surface area contributed by atoms with Gasteiger partial charge in [-0.1, -0.05) is 42.5 Å². The van der Waals surface area contributed by atoms with Gasteiger partial charge >= 0.3 is 5.97 Å². The number of aliphatic hydroxyl groups excluding tert-OH is 1. The highest BCUT2D eigenvalue weighted by molar-refractivity contribution is 5.88. The fourth-order valence-corrected chi connectivity index (χ4v) is 4.10. The van der Waals surface area contributed by atoms with Gasteiger partial charge in [-0.25, -0.2) is 0 Å². The Labute approximate surface area is 177 Å². The van der Waals surface area contributed by atoms with E-state index in [2.05, 4.69) is 10.2 Å². The van der Waals surface area contributed by atoms with Crippen molar-refractivity contribution in [1.82, 2.24) is 4.90 Å². The molecule has 0 aliphatic carbocycles. The van der Waals surface area contributed by atoms with Crippen LogP contribution in [0.5, 0.6) is 0 Å². The van der Waals surface area contributed by atoms with Crippen LogP contribution in [0.3, 0.4) is 0 Å². The van der Waals surface area contributed by atoms with Crippen molar-refractivity contribution in [2.24, 2.45) is 0 Å². The topological polar surface area (TPSA) is 78.9 Å². The monoisotopic (exact) mass is 410 g/mol. The summed E-state index contributed by atoms with van der Waals surface area (Å²) in [5.41, 5.74) is 1.88. The number of hydrogen-bond donors (Lipinski definition) is 2. The molecule has 0 radical (unpaired) electrons. The zero-order valence-corrected chi connectivity index (χ0v) is 17.6. The second-order valence-corrected chi connectivity index (χ2v) is 7.79. The lowest BCUT2D eigenvalue weighted by molar-refractivity contribution is -0.152. The number of nitrogens with one attached hydrogen (secondary N) is 1. The van der Waals surface area contributed by atoms with Crippen LogP contribution in [0.2, 0.25) is 0 Å². The maximum absolute atomic E-state index is 12.9. The number of anilines is 1. The van der Waals surface area contributed by atoms with Gasteiger partial charge < -0.3 is 20.1 Å². The molecule has 2 aromatic rings. The van der Waals surface area contributed by atoms with Crippen molar-refractivity contribution < 1.29 is 19.4 Å². The van der Waals surface area contributed by atoms with Crippen LogP contribution in [0, 0.1) is 0 Å². The van der Waals surface area contributed by atoms with Gasteiger partial charge in [-0.15, -0.1) is 0 Å². The highest BCUT2D eigenvalue weighted by atomic mass is 16.5. The standard InChI is InChI=1S/C24H30N2O4/c1-3-30-23(29)24(20-7-5-4-6-8-20)13-15-26(16-14-24)17-22(28)19-9-11-21(12-10-19)25-18(2)27/h4-12,22,28H,3,13-17H2,1-2H3,(H,25,27)/t22-/m0/s1. The third-order valence-electron chi connectivity index (χ3n) is 5.75. The number of β-amino-alcohol motifs (C(OH)–C–C–N with tert-alkyl or cyclic N) is 1. The Kier molecular flexibility index (Phi) is 7.24. The molecule has 1 saturated heterocycles.